The van der Waals surface area contributed by atoms with E-state index in [1.165, 1.54) is 16.9 Å². The predicted octanol–water partition coefficient (Wildman–Crippen LogP) is 4.14. The Labute approximate surface area is 149 Å². The number of aromatic nitrogens is 2. The van der Waals surface area contributed by atoms with Gasteiger partial charge in [0.15, 0.2) is 0 Å². The number of benzene rings is 1. The molecule has 0 aliphatic heterocycles. The maximum atomic E-state index is 12.8. The number of nitrogens with zero attached hydrogens (tertiary/aromatic N) is 2. The summed E-state index contributed by atoms with van der Waals surface area (Å²) in [7, 11) is 1.78. The Morgan fingerprint density at radius 3 is 3.00 bits per heavy atom. The number of aryl methyl sites for hydroxylation is 2. The van der Waals surface area contributed by atoms with Crippen LogP contribution >= 0.6 is 22.9 Å². The molecule has 1 aliphatic rings. The number of rotatable bonds is 3. The van der Waals surface area contributed by atoms with Gasteiger partial charge in [-0.2, -0.15) is 0 Å². The van der Waals surface area contributed by atoms with Crippen molar-refractivity contribution in [3.8, 4) is 0 Å². The van der Waals surface area contributed by atoms with Crippen LogP contribution in [0.15, 0.2) is 29.1 Å². The number of thiophene rings is 1. The van der Waals surface area contributed by atoms with E-state index in [1.54, 1.807) is 23.0 Å². The molecule has 4 nitrogen and oxygen atoms in total. The van der Waals surface area contributed by atoms with Crippen LogP contribution in [0.2, 0.25) is 5.02 Å². The normalized spacial score (nSPS) is 13.9. The van der Waals surface area contributed by atoms with Crippen LogP contribution in [0.3, 0.4) is 0 Å². The lowest BCUT2D eigenvalue weighted by Gasteiger charge is -2.12. The molecule has 0 radical (unpaired) electrons. The van der Waals surface area contributed by atoms with E-state index in [0.717, 1.165) is 35.0 Å². The van der Waals surface area contributed by atoms with E-state index in [9.17, 15) is 4.79 Å². The first-order valence-corrected chi connectivity index (χ1v) is 9.32. The zero-order valence-corrected chi connectivity index (χ0v) is 15.0. The topological polar surface area (TPSA) is 46.9 Å². The first-order valence-electron chi connectivity index (χ1n) is 8.13. The molecule has 124 valence electrons. The molecule has 1 aliphatic carbocycles. The molecular weight excluding hydrogens is 342 g/mol. The molecular formula is C18H18ClN3OS. The van der Waals surface area contributed by atoms with Crippen molar-refractivity contribution in [1.82, 2.24) is 9.55 Å². The monoisotopic (exact) mass is 359 g/mol. The first kappa shape index (κ1) is 15.7. The average Bonchev–Trinajstić information content (AvgIpc) is 2.95. The van der Waals surface area contributed by atoms with E-state index in [-0.39, 0.29) is 5.56 Å². The third-order valence-electron chi connectivity index (χ3n) is 4.54. The summed E-state index contributed by atoms with van der Waals surface area (Å²) in [5.41, 5.74) is 2.34. The van der Waals surface area contributed by atoms with Crippen molar-refractivity contribution in [2.24, 2.45) is 7.05 Å². The Kier molecular flexibility index (Phi) is 4.06. The fourth-order valence-electron chi connectivity index (χ4n) is 3.27. The van der Waals surface area contributed by atoms with E-state index >= 15 is 0 Å². The minimum absolute atomic E-state index is 0.0491. The van der Waals surface area contributed by atoms with Crippen LogP contribution in [-0.4, -0.2) is 9.55 Å². The van der Waals surface area contributed by atoms with Crippen molar-refractivity contribution in [3.05, 3.63) is 55.6 Å². The van der Waals surface area contributed by atoms with Crippen molar-refractivity contribution >= 4 is 39.1 Å². The molecule has 0 atom stereocenters. The van der Waals surface area contributed by atoms with Crippen LogP contribution in [0, 0.1) is 0 Å². The van der Waals surface area contributed by atoms with Gasteiger partial charge in [0.2, 0.25) is 5.95 Å². The number of halogens is 1. The van der Waals surface area contributed by atoms with E-state index in [4.69, 9.17) is 16.6 Å². The molecule has 0 saturated heterocycles. The molecule has 24 heavy (non-hydrogen) atoms. The Balaban J connectivity index is 1.71. The Morgan fingerprint density at radius 2 is 2.17 bits per heavy atom. The van der Waals surface area contributed by atoms with E-state index in [1.807, 2.05) is 24.3 Å². The molecule has 0 amide bonds. The minimum atomic E-state index is 0.0491. The molecule has 6 heteroatoms. The molecule has 2 aromatic heterocycles. The Bertz CT molecular complexity index is 976. The van der Waals surface area contributed by atoms with Gasteiger partial charge in [-0.05, 0) is 48.9 Å². The molecule has 1 N–H and O–H groups in total. The van der Waals surface area contributed by atoms with Crippen molar-refractivity contribution in [1.29, 1.82) is 0 Å². The molecule has 2 heterocycles. The molecule has 3 aromatic rings. The van der Waals surface area contributed by atoms with Gasteiger partial charge in [-0.1, -0.05) is 23.7 Å². The lowest BCUT2D eigenvalue weighted by atomic mass is 9.97. The zero-order valence-electron chi connectivity index (χ0n) is 13.4. The van der Waals surface area contributed by atoms with Gasteiger partial charge >= 0.3 is 0 Å². The molecule has 0 saturated carbocycles. The SMILES string of the molecule is Cn1c(NCc2cccc(Cl)c2)nc2sc3c(c2c1=O)CCCC3. The third kappa shape index (κ3) is 2.72. The molecule has 4 rings (SSSR count). The number of nitrogens with one attached hydrogen (secondary N) is 1. The van der Waals surface area contributed by atoms with Crippen LogP contribution in [0.5, 0.6) is 0 Å². The first-order chi connectivity index (χ1) is 11.6. The van der Waals surface area contributed by atoms with Gasteiger partial charge in [0, 0.05) is 23.5 Å². The van der Waals surface area contributed by atoms with E-state index in [2.05, 4.69) is 5.32 Å². The minimum Gasteiger partial charge on any atom is -0.351 e. The summed E-state index contributed by atoms with van der Waals surface area (Å²) in [6.45, 7) is 0.581. The highest BCUT2D eigenvalue weighted by Crippen LogP contribution is 2.34. The van der Waals surface area contributed by atoms with Gasteiger partial charge in [0.25, 0.3) is 5.56 Å². The number of hydrogen-bond donors (Lipinski definition) is 1. The van der Waals surface area contributed by atoms with Gasteiger partial charge in [-0.25, -0.2) is 4.98 Å². The molecule has 0 fully saturated rings. The molecule has 0 unspecified atom stereocenters. The summed E-state index contributed by atoms with van der Waals surface area (Å²) in [6.07, 6.45) is 4.45. The standard InChI is InChI=1S/C18H18ClN3OS/c1-22-17(23)15-13-7-2-3-8-14(13)24-16(15)21-18(22)20-10-11-5-4-6-12(19)9-11/h4-6,9H,2-3,7-8,10H2,1H3,(H,20,21). The third-order valence-corrected chi connectivity index (χ3v) is 5.96. The maximum absolute atomic E-state index is 12.8. The van der Waals surface area contributed by atoms with Gasteiger partial charge in [0.05, 0.1) is 5.39 Å². The van der Waals surface area contributed by atoms with Crippen molar-refractivity contribution in [2.45, 2.75) is 32.2 Å². The van der Waals surface area contributed by atoms with Gasteiger partial charge in [0.1, 0.15) is 4.83 Å². The maximum Gasteiger partial charge on any atom is 0.263 e. The lowest BCUT2D eigenvalue weighted by molar-refractivity contribution is 0.699. The van der Waals surface area contributed by atoms with Crippen LogP contribution in [0.1, 0.15) is 28.8 Å². The van der Waals surface area contributed by atoms with E-state index in [0.29, 0.717) is 17.5 Å². The number of hydrogen-bond acceptors (Lipinski definition) is 4. The lowest BCUT2D eigenvalue weighted by Crippen LogP contribution is -2.22. The number of anilines is 1. The van der Waals surface area contributed by atoms with Gasteiger partial charge < -0.3 is 5.32 Å². The highest BCUT2D eigenvalue weighted by molar-refractivity contribution is 7.18. The van der Waals surface area contributed by atoms with Crippen LogP contribution in [-0.2, 0) is 26.4 Å². The Morgan fingerprint density at radius 1 is 1.33 bits per heavy atom. The molecule has 1 aromatic carbocycles. The quantitative estimate of drug-likeness (QED) is 0.764. The summed E-state index contributed by atoms with van der Waals surface area (Å²) in [5.74, 6) is 0.603. The second kappa shape index (κ2) is 6.22. The summed E-state index contributed by atoms with van der Waals surface area (Å²) < 4.78 is 1.62. The van der Waals surface area contributed by atoms with Gasteiger partial charge in [-0.15, -0.1) is 11.3 Å². The average molecular weight is 360 g/mol. The summed E-state index contributed by atoms with van der Waals surface area (Å²) in [4.78, 5) is 19.7. The van der Waals surface area contributed by atoms with Crippen molar-refractivity contribution in [3.63, 3.8) is 0 Å². The van der Waals surface area contributed by atoms with Gasteiger partial charge in [-0.3, -0.25) is 9.36 Å². The van der Waals surface area contributed by atoms with Crippen molar-refractivity contribution < 1.29 is 0 Å². The zero-order chi connectivity index (χ0) is 16.7. The second-order valence-corrected chi connectivity index (χ2v) is 7.69. The second-order valence-electron chi connectivity index (χ2n) is 6.17. The van der Waals surface area contributed by atoms with E-state index < -0.39 is 0 Å². The summed E-state index contributed by atoms with van der Waals surface area (Å²) in [5, 5.41) is 4.80. The summed E-state index contributed by atoms with van der Waals surface area (Å²) in [6, 6.07) is 7.68. The van der Waals surface area contributed by atoms with Crippen molar-refractivity contribution in [2.75, 3.05) is 5.32 Å². The highest BCUT2D eigenvalue weighted by atomic mass is 35.5. The number of fused-ring (bicyclic) bond motifs is 3. The Hall–Kier alpha value is -1.85. The largest absolute Gasteiger partial charge is 0.351 e. The smallest absolute Gasteiger partial charge is 0.263 e. The molecule has 0 spiro atoms. The summed E-state index contributed by atoms with van der Waals surface area (Å²) >= 11 is 7.70. The van der Waals surface area contributed by atoms with Crippen LogP contribution in [0.4, 0.5) is 5.95 Å². The fraction of sp³-hybridized carbons (Fsp3) is 0.333. The highest BCUT2D eigenvalue weighted by Gasteiger charge is 2.21. The predicted molar refractivity (Wildman–Crippen MR) is 100 cm³/mol. The fourth-order valence-corrected chi connectivity index (χ4v) is 4.74. The van der Waals surface area contributed by atoms with Crippen LogP contribution in [0.25, 0.3) is 10.2 Å². The van der Waals surface area contributed by atoms with Crippen LogP contribution < -0.4 is 10.9 Å². The molecule has 0 bridgehead atoms.